The fourth-order valence-electron chi connectivity index (χ4n) is 1.66. The number of anilines is 1. The third-order valence-electron chi connectivity index (χ3n) is 2.62. The van der Waals surface area contributed by atoms with Crippen LogP contribution in [0.3, 0.4) is 0 Å². The third kappa shape index (κ3) is 4.07. The number of thioether (sulfide) groups is 1. The molecule has 3 rings (SSSR count). The highest BCUT2D eigenvalue weighted by Gasteiger charge is 2.11. The van der Waals surface area contributed by atoms with Gasteiger partial charge in [-0.1, -0.05) is 52.9 Å². The molecule has 1 aromatic carbocycles. The number of rotatable bonds is 5. The summed E-state index contributed by atoms with van der Waals surface area (Å²) in [5, 5.41) is 13.9. The molecule has 0 fully saturated rings. The molecule has 0 aliphatic rings. The molecule has 0 bridgehead atoms. The fraction of sp³-hybridized carbons (Fsp3) is 0.0714. The quantitative estimate of drug-likeness (QED) is 0.520. The summed E-state index contributed by atoms with van der Waals surface area (Å²) in [6.07, 6.45) is 0. The number of carbonyl (C=O) groups is 1. The molecule has 0 atom stereocenters. The van der Waals surface area contributed by atoms with E-state index in [0.29, 0.717) is 10.0 Å². The molecule has 0 aliphatic heterocycles. The Balaban J connectivity index is 1.58. The summed E-state index contributed by atoms with van der Waals surface area (Å²) >= 11 is 10.3. The van der Waals surface area contributed by atoms with E-state index in [1.54, 1.807) is 17.8 Å². The standard InChI is InChI=1S/C14H10ClN3OS3/c15-10-4-1-3-9(7-10)8-21-14-18-17-13(22-14)16-12(19)11-5-2-6-20-11/h1-7H,8H2,(H,16,17,19). The minimum absolute atomic E-state index is 0.155. The fourth-order valence-corrected chi connectivity index (χ4v) is 4.18. The minimum atomic E-state index is -0.155. The maximum Gasteiger partial charge on any atom is 0.267 e. The summed E-state index contributed by atoms with van der Waals surface area (Å²) in [6.45, 7) is 0. The molecule has 112 valence electrons. The molecule has 2 aromatic heterocycles. The Morgan fingerprint density at radius 3 is 2.95 bits per heavy atom. The topological polar surface area (TPSA) is 54.9 Å². The third-order valence-corrected chi connectivity index (χ3v) is 5.77. The van der Waals surface area contributed by atoms with Gasteiger partial charge in [0.15, 0.2) is 4.34 Å². The number of aromatic nitrogens is 2. The van der Waals surface area contributed by atoms with Crippen molar-refractivity contribution in [2.24, 2.45) is 0 Å². The van der Waals surface area contributed by atoms with E-state index in [1.807, 2.05) is 35.7 Å². The van der Waals surface area contributed by atoms with E-state index in [-0.39, 0.29) is 5.91 Å². The number of hydrogen-bond donors (Lipinski definition) is 1. The monoisotopic (exact) mass is 367 g/mol. The van der Waals surface area contributed by atoms with Crippen molar-refractivity contribution in [2.75, 3.05) is 5.32 Å². The molecule has 1 N–H and O–H groups in total. The summed E-state index contributed by atoms with van der Waals surface area (Å²) < 4.78 is 0.807. The van der Waals surface area contributed by atoms with Gasteiger partial charge in [0.2, 0.25) is 5.13 Å². The van der Waals surface area contributed by atoms with E-state index in [9.17, 15) is 4.79 Å². The van der Waals surface area contributed by atoms with Gasteiger partial charge in [-0.05, 0) is 29.1 Å². The van der Waals surface area contributed by atoms with Gasteiger partial charge in [0.05, 0.1) is 4.88 Å². The van der Waals surface area contributed by atoms with Crippen LogP contribution in [0.15, 0.2) is 46.1 Å². The van der Waals surface area contributed by atoms with Gasteiger partial charge in [-0.15, -0.1) is 21.5 Å². The average molecular weight is 368 g/mol. The first-order valence-electron chi connectivity index (χ1n) is 6.26. The number of amides is 1. The normalized spacial score (nSPS) is 10.6. The maximum atomic E-state index is 11.9. The van der Waals surface area contributed by atoms with Crippen LogP contribution in [0, 0.1) is 0 Å². The molecule has 0 spiro atoms. The predicted molar refractivity (Wildman–Crippen MR) is 93.2 cm³/mol. The molecule has 0 unspecified atom stereocenters. The number of benzene rings is 1. The molecule has 2 heterocycles. The molecular formula is C14H10ClN3OS3. The van der Waals surface area contributed by atoms with E-state index >= 15 is 0 Å². The number of hydrogen-bond acceptors (Lipinski definition) is 6. The summed E-state index contributed by atoms with van der Waals surface area (Å²) in [4.78, 5) is 12.6. The summed E-state index contributed by atoms with van der Waals surface area (Å²) in [6, 6.07) is 11.3. The summed E-state index contributed by atoms with van der Waals surface area (Å²) in [5.74, 6) is 0.603. The van der Waals surface area contributed by atoms with Crippen LogP contribution in [-0.4, -0.2) is 16.1 Å². The van der Waals surface area contributed by atoms with Crippen molar-refractivity contribution >= 4 is 57.1 Å². The highest BCUT2D eigenvalue weighted by atomic mass is 35.5. The van der Waals surface area contributed by atoms with Crippen LogP contribution in [0.5, 0.6) is 0 Å². The van der Waals surface area contributed by atoms with Gasteiger partial charge in [-0.3, -0.25) is 10.1 Å². The summed E-state index contributed by atoms with van der Waals surface area (Å²) in [5.41, 5.74) is 1.12. The Hall–Kier alpha value is -1.41. The zero-order chi connectivity index (χ0) is 15.4. The van der Waals surface area contributed by atoms with Crippen LogP contribution >= 0.6 is 46.0 Å². The first kappa shape index (κ1) is 15.5. The van der Waals surface area contributed by atoms with Crippen LogP contribution in [0.2, 0.25) is 5.02 Å². The lowest BCUT2D eigenvalue weighted by Crippen LogP contribution is -2.09. The maximum absolute atomic E-state index is 11.9. The van der Waals surface area contributed by atoms with E-state index in [1.165, 1.54) is 22.7 Å². The molecule has 0 saturated heterocycles. The first-order valence-corrected chi connectivity index (χ1v) is 9.32. The highest BCUT2D eigenvalue weighted by Crippen LogP contribution is 2.29. The molecule has 4 nitrogen and oxygen atoms in total. The lowest BCUT2D eigenvalue weighted by molar-refractivity contribution is 0.103. The lowest BCUT2D eigenvalue weighted by Gasteiger charge is -1.99. The van der Waals surface area contributed by atoms with Gasteiger partial charge in [-0.25, -0.2) is 0 Å². The zero-order valence-corrected chi connectivity index (χ0v) is 14.4. The van der Waals surface area contributed by atoms with Crippen LogP contribution < -0.4 is 5.32 Å². The van der Waals surface area contributed by atoms with Crippen LogP contribution in [0.25, 0.3) is 0 Å². The van der Waals surface area contributed by atoms with Gasteiger partial charge >= 0.3 is 0 Å². The molecule has 22 heavy (non-hydrogen) atoms. The van der Waals surface area contributed by atoms with Crippen LogP contribution in [0.1, 0.15) is 15.2 Å². The van der Waals surface area contributed by atoms with Crippen molar-refractivity contribution in [3.05, 3.63) is 57.2 Å². The van der Waals surface area contributed by atoms with E-state index < -0.39 is 0 Å². The van der Waals surface area contributed by atoms with Gasteiger partial charge in [0, 0.05) is 10.8 Å². The zero-order valence-electron chi connectivity index (χ0n) is 11.2. The van der Waals surface area contributed by atoms with E-state index in [0.717, 1.165) is 20.7 Å². The van der Waals surface area contributed by atoms with E-state index in [2.05, 4.69) is 15.5 Å². The smallest absolute Gasteiger partial charge is 0.267 e. The Bertz CT molecular complexity index is 773. The van der Waals surface area contributed by atoms with Crippen LogP contribution in [-0.2, 0) is 5.75 Å². The van der Waals surface area contributed by atoms with Gasteiger partial charge in [0.1, 0.15) is 0 Å². The van der Waals surface area contributed by atoms with Crippen molar-refractivity contribution in [1.82, 2.24) is 10.2 Å². The largest absolute Gasteiger partial charge is 0.296 e. The van der Waals surface area contributed by atoms with Gasteiger partial charge in [-0.2, -0.15) is 0 Å². The van der Waals surface area contributed by atoms with E-state index in [4.69, 9.17) is 11.6 Å². The first-order chi connectivity index (χ1) is 10.7. The molecule has 0 radical (unpaired) electrons. The predicted octanol–water partition coefficient (Wildman–Crippen LogP) is 4.80. The number of carbonyl (C=O) groups excluding carboxylic acids is 1. The van der Waals surface area contributed by atoms with Crippen LogP contribution in [0.4, 0.5) is 5.13 Å². The van der Waals surface area contributed by atoms with Crippen molar-refractivity contribution in [3.63, 3.8) is 0 Å². The number of nitrogens with one attached hydrogen (secondary N) is 1. The Morgan fingerprint density at radius 2 is 2.18 bits per heavy atom. The summed E-state index contributed by atoms with van der Waals surface area (Å²) in [7, 11) is 0. The lowest BCUT2D eigenvalue weighted by atomic mass is 10.2. The van der Waals surface area contributed by atoms with Crippen molar-refractivity contribution < 1.29 is 4.79 Å². The molecule has 0 aliphatic carbocycles. The Morgan fingerprint density at radius 1 is 1.27 bits per heavy atom. The molecular weight excluding hydrogens is 358 g/mol. The van der Waals surface area contributed by atoms with Crippen molar-refractivity contribution in [2.45, 2.75) is 10.1 Å². The van der Waals surface area contributed by atoms with Crippen molar-refractivity contribution in [3.8, 4) is 0 Å². The second kappa shape index (κ2) is 7.23. The second-order valence-electron chi connectivity index (χ2n) is 4.22. The molecule has 3 aromatic rings. The molecule has 8 heteroatoms. The highest BCUT2D eigenvalue weighted by molar-refractivity contribution is 8.00. The number of nitrogens with zero attached hydrogens (tertiary/aromatic N) is 2. The minimum Gasteiger partial charge on any atom is -0.296 e. The second-order valence-corrected chi connectivity index (χ2v) is 7.81. The average Bonchev–Trinajstić information content (AvgIpc) is 3.17. The van der Waals surface area contributed by atoms with Crippen molar-refractivity contribution in [1.29, 1.82) is 0 Å². The number of halogens is 1. The number of thiophene rings is 1. The SMILES string of the molecule is O=C(Nc1nnc(SCc2cccc(Cl)c2)s1)c1cccs1. The Labute approximate surface area is 144 Å². The van der Waals surface area contributed by atoms with Gasteiger partial charge in [0.25, 0.3) is 5.91 Å². The molecule has 0 saturated carbocycles. The molecule has 1 amide bonds. The van der Waals surface area contributed by atoms with Gasteiger partial charge < -0.3 is 0 Å². The Kier molecular flexibility index (Phi) is 5.09.